The summed E-state index contributed by atoms with van der Waals surface area (Å²) in [6.45, 7) is 1.15. The highest BCUT2D eigenvalue weighted by Crippen LogP contribution is 2.25. The van der Waals surface area contributed by atoms with Crippen LogP contribution in [0.3, 0.4) is 0 Å². The van der Waals surface area contributed by atoms with E-state index in [1.807, 2.05) is 5.32 Å². The number of nitrogens with zero attached hydrogens (tertiary/aromatic N) is 1. The Morgan fingerprint density at radius 3 is 2.33 bits per heavy atom. The van der Waals surface area contributed by atoms with Crippen molar-refractivity contribution in [2.75, 3.05) is 19.4 Å². The summed E-state index contributed by atoms with van der Waals surface area (Å²) >= 11 is 5.90. The van der Waals surface area contributed by atoms with Crippen LogP contribution in [-0.4, -0.2) is 44.8 Å². The minimum absolute atomic E-state index is 0.125. The van der Waals surface area contributed by atoms with Gasteiger partial charge in [0.2, 0.25) is 10.0 Å². The molecule has 0 saturated carbocycles. The number of hydrogen-bond acceptors (Lipinski definition) is 5. The van der Waals surface area contributed by atoms with E-state index in [4.69, 9.17) is 16.3 Å². The summed E-state index contributed by atoms with van der Waals surface area (Å²) < 4.78 is 70.3. The number of rotatable bonds is 6. The monoisotopic (exact) mass is 464 g/mol. The molecule has 30 heavy (non-hydrogen) atoms. The van der Waals surface area contributed by atoms with E-state index in [-0.39, 0.29) is 15.5 Å². The van der Waals surface area contributed by atoms with Gasteiger partial charge in [0.25, 0.3) is 5.91 Å². The summed E-state index contributed by atoms with van der Waals surface area (Å²) in [7, 11) is -1.40. The molecule has 0 aromatic heterocycles. The molecule has 2 aromatic carbocycles. The van der Waals surface area contributed by atoms with Crippen LogP contribution in [0.1, 0.15) is 17.3 Å². The van der Waals surface area contributed by atoms with Crippen LogP contribution in [0.25, 0.3) is 0 Å². The van der Waals surface area contributed by atoms with Crippen molar-refractivity contribution in [2.24, 2.45) is 0 Å². The van der Waals surface area contributed by atoms with Crippen LogP contribution in [-0.2, 0) is 19.6 Å². The first-order valence-corrected chi connectivity index (χ1v) is 10.1. The average molecular weight is 465 g/mol. The molecule has 0 aliphatic rings. The zero-order valence-corrected chi connectivity index (χ0v) is 17.4. The maximum Gasteiger partial charge on any atom is 0.338 e. The van der Waals surface area contributed by atoms with Crippen molar-refractivity contribution in [1.82, 2.24) is 4.31 Å². The summed E-state index contributed by atoms with van der Waals surface area (Å²) in [4.78, 5) is 24.1. The zero-order chi connectivity index (χ0) is 22.8. The molecule has 162 valence electrons. The van der Waals surface area contributed by atoms with Gasteiger partial charge in [-0.1, -0.05) is 11.6 Å². The molecule has 0 saturated heterocycles. The lowest BCUT2D eigenvalue weighted by molar-refractivity contribution is -0.123. The van der Waals surface area contributed by atoms with Gasteiger partial charge >= 0.3 is 5.97 Å². The molecular formula is C18H16ClF3N2O5S. The fraction of sp³-hybridized carbons (Fsp3) is 0.222. The van der Waals surface area contributed by atoms with Crippen LogP contribution in [0, 0.1) is 17.5 Å². The number of nitrogens with one attached hydrogen (secondary N) is 1. The van der Waals surface area contributed by atoms with Gasteiger partial charge in [-0.25, -0.2) is 30.7 Å². The SMILES string of the molecule is CC(OC(=O)c1ccc(Cl)c(S(=O)(=O)N(C)C)c1)C(=O)Nc1ccc(F)c(F)c1F. The van der Waals surface area contributed by atoms with Crippen molar-refractivity contribution in [3.05, 3.63) is 58.4 Å². The quantitative estimate of drug-likeness (QED) is 0.523. The minimum Gasteiger partial charge on any atom is -0.449 e. The van der Waals surface area contributed by atoms with Crippen molar-refractivity contribution in [3.8, 4) is 0 Å². The second-order valence-electron chi connectivity index (χ2n) is 6.19. The third kappa shape index (κ3) is 4.91. The molecule has 7 nitrogen and oxygen atoms in total. The van der Waals surface area contributed by atoms with Gasteiger partial charge in [-0.3, -0.25) is 4.79 Å². The van der Waals surface area contributed by atoms with Crippen LogP contribution >= 0.6 is 11.6 Å². The highest BCUT2D eigenvalue weighted by atomic mass is 35.5. The Morgan fingerprint density at radius 1 is 1.10 bits per heavy atom. The number of benzene rings is 2. The summed E-state index contributed by atoms with van der Waals surface area (Å²) in [6, 6.07) is 4.78. The molecule has 0 aliphatic carbocycles. The number of ether oxygens (including phenoxy) is 1. The number of amides is 1. The molecule has 2 rings (SSSR count). The number of hydrogen-bond donors (Lipinski definition) is 1. The molecule has 1 N–H and O–H groups in total. The van der Waals surface area contributed by atoms with E-state index >= 15 is 0 Å². The highest BCUT2D eigenvalue weighted by Gasteiger charge is 2.25. The molecule has 0 spiro atoms. The predicted octanol–water partition coefficient (Wildman–Crippen LogP) is 3.19. The number of carbonyl (C=O) groups excluding carboxylic acids is 2. The number of sulfonamides is 1. The smallest absolute Gasteiger partial charge is 0.338 e. The van der Waals surface area contributed by atoms with E-state index < -0.39 is 51.1 Å². The average Bonchev–Trinajstić information content (AvgIpc) is 2.68. The lowest BCUT2D eigenvalue weighted by atomic mass is 10.2. The highest BCUT2D eigenvalue weighted by molar-refractivity contribution is 7.89. The normalized spacial score (nSPS) is 12.5. The molecule has 1 unspecified atom stereocenters. The first-order chi connectivity index (χ1) is 13.9. The largest absolute Gasteiger partial charge is 0.449 e. The first-order valence-electron chi connectivity index (χ1n) is 8.23. The van der Waals surface area contributed by atoms with E-state index in [0.29, 0.717) is 6.07 Å². The van der Waals surface area contributed by atoms with E-state index in [2.05, 4.69) is 0 Å². The third-order valence-electron chi connectivity index (χ3n) is 3.87. The van der Waals surface area contributed by atoms with Crippen LogP contribution in [0.2, 0.25) is 5.02 Å². The minimum atomic E-state index is -3.95. The van der Waals surface area contributed by atoms with Gasteiger partial charge in [0.15, 0.2) is 23.6 Å². The number of anilines is 1. The Kier molecular flexibility index (Phi) is 7.11. The summed E-state index contributed by atoms with van der Waals surface area (Å²) in [5.41, 5.74) is -0.855. The van der Waals surface area contributed by atoms with Crippen LogP contribution in [0.5, 0.6) is 0 Å². The Morgan fingerprint density at radius 2 is 1.73 bits per heavy atom. The lowest BCUT2D eigenvalue weighted by Gasteiger charge is -2.16. The van der Waals surface area contributed by atoms with Crippen LogP contribution in [0.15, 0.2) is 35.2 Å². The molecule has 2 aromatic rings. The van der Waals surface area contributed by atoms with Crippen LogP contribution in [0.4, 0.5) is 18.9 Å². The second kappa shape index (κ2) is 9.02. The van der Waals surface area contributed by atoms with E-state index in [0.717, 1.165) is 23.4 Å². The Labute approximate surface area is 175 Å². The van der Waals surface area contributed by atoms with Gasteiger partial charge in [-0.15, -0.1) is 0 Å². The van der Waals surface area contributed by atoms with Gasteiger partial charge < -0.3 is 10.1 Å². The lowest BCUT2D eigenvalue weighted by Crippen LogP contribution is -2.30. The molecule has 0 bridgehead atoms. The third-order valence-corrected chi connectivity index (χ3v) is 6.17. The van der Waals surface area contributed by atoms with Gasteiger partial charge in [0.1, 0.15) is 4.90 Å². The molecule has 0 fully saturated rings. The topological polar surface area (TPSA) is 92.8 Å². The Balaban J connectivity index is 2.18. The van der Waals surface area contributed by atoms with Crippen molar-refractivity contribution < 1.29 is 35.9 Å². The standard InChI is InChI=1S/C18H16ClF3N2O5S/c1-9(17(25)23-13-7-6-12(20)15(21)16(13)22)29-18(26)10-4-5-11(19)14(8-10)30(27,28)24(2)3/h4-9H,1-3H3,(H,23,25). The van der Waals surface area contributed by atoms with Gasteiger partial charge in [-0.2, -0.15) is 0 Å². The van der Waals surface area contributed by atoms with Crippen molar-refractivity contribution in [2.45, 2.75) is 17.9 Å². The maximum absolute atomic E-state index is 13.7. The first kappa shape index (κ1) is 23.6. The molecule has 0 radical (unpaired) electrons. The molecule has 0 aliphatic heterocycles. The zero-order valence-electron chi connectivity index (χ0n) is 15.9. The summed E-state index contributed by atoms with van der Waals surface area (Å²) in [5.74, 6) is -6.90. The molecule has 0 heterocycles. The molecular weight excluding hydrogens is 449 g/mol. The number of esters is 1. The van der Waals surface area contributed by atoms with Crippen molar-refractivity contribution in [3.63, 3.8) is 0 Å². The molecule has 1 atom stereocenters. The van der Waals surface area contributed by atoms with Crippen LogP contribution < -0.4 is 5.32 Å². The van der Waals surface area contributed by atoms with Gasteiger partial charge in [0, 0.05) is 14.1 Å². The fourth-order valence-electron chi connectivity index (χ4n) is 2.16. The van der Waals surface area contributed by atoms with E-state index in [1.165, 1.54) is 26.2 Å². The Bertz CT molecular complexity index is 1110. The summed E-state index contributed by atoms with van der Waals surface area (Å²) in [6.07, 6.45) is -1.48. The maximum atomic E-state index is 13.7. The van der Waals surface area contributed by atoms with E-state index in [9.17, 15) is 31.2 Å². The van der Waals surface area contributed by atoms with E-state index in [1.54, 1.807) is 0 Å². The molecule has 12 heteroatoms. The van der Waals surface area contributed by atoms with Gasteiger partial charge in [-0.05, 0) is 37.3 Å². The van der Waals surface area contributed by atoms with Crippen molar-refractivity contribution in [1.29, 1.82) is 0 Å². The fourth-order valence-corrected chi connectivity index (χ4v) is 3.56. The molecule has 1 amide bonds. The predicted molar refractivity (Wildman–Crippen MR) is 102 cm³/mol. The second-order valence-corrected chi connectivity index (χ2v) is 8.72. The van der Waals surface area contributed by atoms with Crippen molar-refractivity contribution >= 4 is 39.2 Å². The number of carbonyl (C=O) groups is 2. The Hall–Kier alpha value is -2.63. The number of halogens is 4. The van der Waals surface area contributed by atoms with Gasteiger partial charge in [0.05, 0.1) is 16.3 Å². The summed E-state index contributed by atoms with van der Waals surface area (Å²) in [5, 5.41) is 1.85.